The van der Waals surface area contributed by atoms with Crippen LogP contribution in [0.3, 0.4) is 0 Å². The number of amides is 2. The molecular weight excluding hydrogens is 287 g/mol. The summed E-state index contributed by atoms with van der Waals surface area (Å²) in [6.45, 7) is 0. The molecule has 0 atom stereocenters. The van der Waals surface area contributed by atoms with E-state index in [-0.39, 0.29) is 5.69 Å². The minimum Gasteiger partial charge on any atom is -0.319 e. The fraction of sp³-hybridized carbons (Fsp3) is 0. The number of rotatable bonds is 4. The fourth-order valence-electron chi connectivity index (χ4n) is 1.75. The number of benzene rings is 2. The summed E-state index contributed by atoms with van der Waals surface area (Å²) in [6, 6.07) is 12.3. The molecule has 22 heavy (non-hydrogen) atoms. The molecule has 0 bridgehead atoms. The van der Waals surface area contributed by atoms with E-state index in [1.54, 1.807) is 24.3 Å². The second-order valence-corrected chi connectivity index (χ2v) is 4.37. The van der Waals surface area contributed by atoms with Crippen molar-refractivity contribution in [2.45, 2.75) is 0 Å². The Kier molecular flexibility index (Phi) is 5.00. The van der Waals surface area contributed by atoms with Crippen LogP contribution in [0.15, 0.2) is 54.6 Å². The molecule has 0 unspecified atom stereocenters. The highest BCUT2D eigenvalue weighted by Gasteiger charge is 2.08. The molecule has 0 aliphatic carbocycles. The summed E-state index contributed by atoms with van der Waals surface area (Å²) >= 11 is 0. The Bertz CT molecular complexity index is 729. The molecule has 2 aromatic rings. The summed E-state index contributed by atoms with van der Waals surface area (Å²) in [5.41, 5.74) is 2.46. The molecule has 0 heterocycles. The number of carbonyl (C=O) groups excluding carboxylic acids is 2. The summed E-state index contributed by atoms with van der Waals surface area (Å²) in [5, 5.41) is 10.9. The molecule has 0 saturated carbocycles. The highest BCUT2D eigenvalue weighted by molar-refractivity contribution is 6.04. The number of hydrogen-bond acceptors (Lipinski definition) is 3. The number of hydrogen-bond donors (Lipinski definition) is 3. The molecule has 0 saturated heterocycles. The highest BCUT2D eigenvalue weighted by atomic mass is 19.1. The first-order valence-corrected chi connectivity index (χ1v) is 6.38. The topological polar surface area (TPSA) is 78.4 Å². The lowest BCUT2D eigenvalue weighted by atomic mass is 10.1. The minimum atomic E-state index is -0.679. The van der Waals surface area contributed by atoms with Crippen molar-refractivity contribution in [1.82, 2.24) is 5.48 Å². The Balaban J connectivity index is 2.15. The van der Waals surface area contributed by atoms with Crippen LogP contribution in [0.4, 0.5) is 10.1 Å². The lowest BCUT2D eigenvalue weighted by molar-refractivity contribution is -0.124. The number of nitrogens with one attached hydrogen (secondary N) is 2. The number of halogens is 1. The van der Waals surface area contributed by atoms with E-state index in [9.17, 15) is 14.0 Å². The smallest absolute Gasteiger partial charge is 0.267 e. The minimum absolute atomic E-state index is 0.0908. The summed E-state index contributed by atoms with van der Waals surface area (Å²) < 4.78 is 13.5. The first-order valence-electron chi connectivity index (χ1n) is 6.38. The lowest BCUT2D eigenvalue weighted by Crippen LogP contribution is -2.15. The Morgan fingerprint density at radius 1 is 1.09 bits per heavy atom. The van der Waals surface area contributed by atoms with Crippen LogP contribution in [0.5, 0.6) is 0 Å². The van der Waals surface area contributed by atoms with Crippen molar-refractivity contribution >= 4 is 23.6 Å². The molecule has 2 rings (SSSR count). The van der Waals surface area contributed by atoms with Crippen molar-refractivity contribution in [3.8, 4) is 0 Å². The highest BCUT2D eigenvalue weighted by Crippen LogP contribution is 2.15. The number of hydroxylamine groups is 1. The maximum absolute atomic E-state index is 13.5. The standard InChI is InChI=1S/C16H13FN2O3/c17-13-6-1-2-7-14(13)18-16(21)12-5-3-4-11(10-12)8-9-15(20)19-22/h1-10,22H,(H,18,21)(H,19,20)/b9-8+. The third-order valence-corrected chi connectivity index (χ3v) is 2.81. The van der Waals surface area contributed by atoms with Crippen LogP contribution in [-0.2, 0) is 4.79 Å². The van der Waals surface area contributed by atoms with Crippen LogP contribution in [0.2, 0.25) is 0 Å². The van der Waals surface area contributed by atoms with E-state index >= 15 is 0 Å². The Morgan fingerprint density at radius 2 is 1.86 bits per heavy atom. The second-order valence-electron chi connectivity index (χ2n) is 4.37. The van der Waals surface area contributed by atoms with Gasteiger partial charge in [0.2, 0.25) is 0 Å². The van der Waals surface area contributed by atoms with Crippen molar-refractivity contribution in [2.75, 3.05) is 5.32 Å². The quantitative estimate of drug-likeness (QED) is 0.461. The van der Waals surface area contributed by atoms with Crippen molar-refractivity contribution in [2.24, 2.45) is 0 Å². The maximum atomic E-state index is 13.5. The average molecular weight is 300 g/mol. The van der Waals surface area contributed by atoms with Crippen LogP contribution in [0.25, 0.3) is 6.08 Å². The zero-order valence-corrected chi connectivity index (χ0v) is 11.4. The second kappa shape index (κ2) is 7.14. The molecule has 0 aliphatic heterocycles. The van der Waals surface area contributed by atoms with Crippen LogP contribution < -0.4 is 10.8 Å². The van der Waals surface area contributed by atoms with Crippen molar-refractivity contribution in [3.05, 3.63) is 71.6 Å². The van der Waals surface area contributed by atoms with Gasteiger partial charge in [-0.2, -0.15) is 0 Å². The molecule has 2 aromatic carbocycles. The molecule has 5 nitrogen and oxygen atoms in total. The van der Waals surface area contributed by atoms with Gasteiger partial charge < -0.3 is 5.32 Å². The van der Waals surface area contributed by atoms with Crippen LogP contribution in [0.1, 0.15) is 15.9 Å². The van der Waals surface area contributed by atoms with Crippen molar-refractivity contribution in [1.29, 1.82) is 0 Å². The van der Waals surface area contributed by atoms with Gasteiger partial charge >= 0.3 is 0 Å². The average Bonchev–Trinajstić information content (AvgIpc) is 2.55. The van der Waals surface area contributed by atoms with Crippen LogP contribution >= 0.6 is 0 Å². The first kappa shape index (κ1) is 15.4. The van der Waals surface area contributed by atoms with E-state index in [1.807, 2.05) is 0 Å². The van der Waals surface area contributed by atoms with E-state index in [1.165, 1.54) is 35.8 Å². The Labute approximate surface area is 126 Å². The normalized spacial score (nSPS) is 10.5. The molecule has 2 amide bonds. The van der Waals surface area contributed by atoms with Crippen LogP contribution in [-0.4, -0.2) is 17.0 Å². The van der Waals surface area contributed by atoms with Gasteiger partial charge in [0.05, 0.1) is 5.69 Å². The monoisotopic (exact) mass is 300 g/mol. The molecule has 0 spiro atoms. The summed E-state index contributed by atoms with van der Waals surface area (Å²) in [6.07, 6.45) is 2.55. The number of carbonyl (C=O) groups is 2. The van der Waals surface area contributed by atoms with E-state index in [0.29, 0.717) is 11.1 Å². The largest absolute Gasteiger partial charge is 0.319 e. The first-order chi connectivity index (χ1) is 10.6. The fourth-order valence-corrected chi connectivity index (χ4v) is 1.75. The van der Waals surface area contributed by atoms with Gasteiger partial charge in [0.1, 0.15) is 5.82 Å². The molecule has 0 aromatic heterocycles. The molecule has 6 heteroatoms. The summed E-state index contributed by atoms with van der Waals surface area (Å²) in [5.74, 6) is -1.67. The van der Waals surface area contributed by atoms with E-state index in [4.69, 9.17) is 5.21 Å². The SMILES string of the molecule is O=C(/C=C/c1cccc(C(=O)Nc2ccccc2F)c1)NO. The lowest BCUT2D eigenvalue weighted by Gasteiger charge is -2.06. The van der Waals surface area contributed by atoms with E-state index in [2.05, 4.69) is 5.32 Å². The van der Waals surface area contributed by atoms with Gasteiger partial charge in [0.15, 0.2) is 0 Å². The van der Waals surface area contributed by atoms with E-state index in [0.717, 1.165) is 6.08 Å². The van der Waals surface area contributed by atoms with Gasteiger partial charge in [-0.1, -0.05) is 24.3 Å². The molecular formula is C16H13FN2O3. The van der Waals surface area contributed by atoms with Crippen LogP contribution in [0, 0.1) is 5.82 Å². The molecule has 0 fully saturated rings. The predicted molar refractivity (Wildman–Crippen MR) is 79.8 cm³/mol. The Morgan fingerprint density at radius 3 is 2.59 bits per heavy atom. The summed E-state index contributed by atoms with van der Waals surface area (Å²) in [4.78, 5) is 23.0. The maximum Gasteiger partial charge on any atom is 0.267 e. The summed E-state index contributed by atoms with van der Waals surface area (Å²) in [7, 11) is 0. The number of anilines is 1. The van der Waals surface area contributed by atoms with Gasteiger partial charge in [-0.25, -0.2) is 9.87 Å². The zero-order valence-electron chi connectivity index (χ0n) is 11.4. The number of para-hydroxylation sites is 1. The molecule has 112 valence electrons. The molecule has 3 N–H and O–H groups in total. The van der Waals surface area contributed by atoms with E-state index < -0.39 is 17.6 Å². The zero-order chi connectivity index (χ0) is 15.9. The Hall–Kier alpha value is -2.99. The predicted octanol–water partition coefficient (Wildman–Crippen LogP) is 2.60. The van der Waals surface area contributed by atoms with Gasteiger partial charge in [0.25, 0.3) is 11.8 Å². The third-order valence-electron chi connectivity index (χ3n) is 2.81. The molecule has 0 aliphatic rings. The third kappa shape index (κ3) is 4.00. The van der Waals surface area contributed by atoms with Crippen molar-refractivity contribution < 1.29 is 19.2 Å². The van der Waals surface area contributed by atoms with Gasteiger partial charge in [-0.05, 0) is 35.9 Å². The molecule has 0 radical (unpaired) electrons. The van der Waals surface area contributed by atoms with Crippen molar-refractivity contribution in [3.63, 3.8) is 0 Å². The van der Waals surface area contributed by atoms with Gasteiger partial charge in [-0.3, -0.25) is 14.8 Å². The van der Waals surface area contributed by atoms with Gasteiger partial charge in [0, 0.05) is 11.6 Å². The van der Waals surface area contributed by atoms with Gasteiger partial charge in [-0.15, -0.1) is 0 Å².